The summed E-state index contributed by atoms with van der Waals surface area (Å²) < 4.78 is 0. The third-order valence-corrected chi connectivity index (χ3v) is 7.16. The van der Waals surface area contributed by atoms with E-state index in [4.69, 9.17) is 5.11 Å². The van der Waals surface area contributed by atoms with E-state index in [0.29, 0.717) is 18.7 Å². The van der Waals surface area contributed by atoms with Crippen molar-refractivity contribution in [2.75, 3.05) is 26.2 Å². The van der Waals surface area contributed by atoms with Gasteiger partial charge in [-0.1, -0.05) is 78.9 Å². The van der Waals surface area contributed by atoms with Crippen molar-refractivity contribution in [2.24, 2.45) is 0 Å². The van der Waals surface area contributed by atoms with E-state index in [1.807, 2.05) is 41.3 Å². The van der Waals surface area contributed by atoms with Gasteiger partial charge in [0.1, 0.15) is 0 Å². The lowest BCUT2D eigenvalue weighted by atomic mass is 10.0. The summed E-state index contributed by atoms with van der Waals surface area (Å²) in [6.45, 7) is 5.26. The van der Waals surface area contributed by atoms with Gasteiger partial charge in [0.2, 0.25) is 0 Å². The highest BCUT2D eigenvalue weighted by molar-refractivity contribution is 5.94. The van der Waals surface area contributed by atoms with Crippen LogP contribution in [0.2, 0.25) is 0 Å². The Kier molecular flexibility index (Phi) is 8.46. The number of piperazine rings is 1. The Morgan fingerprint density at radius 3 is 1.97 bits per heavy atom. The van der Waals surface area contributed by atoms with Gasteiger partial charge in [-0.2, -0.15) is 0 Å². The molecular weight excluding hydrogens is 486 g/mol. The lowest BCUT2D eigenvalue weighted by molar-refractivity contribution is 0.0627. The molecule has 1 aliphatic heterocycles. The minimum Gasteiger partial charge on any atom is -0.478 e. The van der Waals surface area contributed by atoms with Crippen molar-refractivity contribution in [3.63, 3.8) is 0 Å². The molecule has 0 unspecified atom stereocenters. The molecule has 1 saturated heterocycles. The summed E-state index contributed by atoms with van der Waals surface area (Å²) in [5.41, 5.74) is 6.72. The number of carboxylic acid groups (broad SMARTS) is 1. The lowest BCUT2D eigenvalue weighted by Gasteiger charge is -2.34. The van der Waals surface area contributed by atoms with Gasteiger partial charge in [-0.15, -0.1) is 0 Å². The maximum absolute atomic E-state index is 13.1. The number of rotatable bonds is 9. The standard InChI is InChI=1S/C33H33N3O3/c37-32(30-15-9-25(10-16-30)22-34-23-27-5-4-8-31(21-27)33(38)39)36-19-17-35(18-20-36)24-26-11-13-29(14-12-26)28-6-2-1-3-7-28/h1-16,21,34H,17-20,22-24H2,(H,38,39). The van der Waals surface area contributed by atoms with Gasteiger partial charge in [-0.25, -0.2) is 4.79 Å². The van der Waals surface area contributed by atoms with Crippen molar-refractivity contribution < 1.29 is 14.7 Å². The molecular formula is C33H33N3O3. The molecule has 2 N–H and O–H groups in total. The van der Waals surface area contributed by atoms with Crippen LogP contribution in [0.4, 0.5) is 0 Å². The zero-order chi connectivity index (χ0) is 27.0. The van der Waals surface area contributed by atoms with E-state index < -0.39 is 5.97 Å². The van der Waals surface area contributed by atoms with Crippen molar-refractivity contribution in [1.82, 2.24) is 15.1 Å². The van der Waals surface area contributed by atoms with Crippen LogP contribution in [-0.2, 0) is 19.6 Å². The first-order valence-corrected chi connectivity index (χ1v) is 13.3. The molecule has 0 radical (unpaired) electrons. The van der Waals surface area contributed by atoms with Gasteiger partial charge < -0.3 is 15.3 Å². The van der Waals surface area contributed by atoms with Crippen molar-refractivity contribution in [2.45, 2.75) is 19.6 Å². The largest absolute Gasteiger partial charge is 0.478 e. The fourth-order valence-corrected chi connectivity index (χ4v) is 4.91. The Labute approximate surface area is 229 Å². The summed E-state index contributed by atoms with van der Waals surface area (Å²) in [6, 6.07) is 33.8. The zero-order valence-electron chi connectivity index (χ0n) is 21.9. The Balaban J connectivity index is 1.07. The topological polar surface area (TPSA) is 72.9 Å². The van der Waals surface area contributed by atoms with Crippen molar-refractivity contribution in [1.29, 1.82) is 0 Å². The fraction of sp³-hybridized carbons (Fsp3) is 0.212. The lowest BCUT2D eigenvalue weighted by Crippen LogP contribution is -2.48. The maximum Gasteiger partial charge on any atom is 0.335 e. The van der Waals surface area contributed by atoms with E-state index in [1.54, 1.807) is 18.2 Å². The number of carboxylic acids is 1. The summed E-state index contributed by atoms with van der Waals surface area (Å²) in [6.07, 6.45) is 0. The van der Waals surface area contributed by atoms with Crippen LogP contribution in [0.15, 0.2) is 103 Å². The summed E-state index contributed by atoms with van der Waals surface area (Å²) in [5, 5.41) is 12.5. The molecule has 1 heterocycles. The average molecular weight is 520 g/mol. The summed E-state index contributed by atoms with van der Waals surface area (Å²) in [5.74, 6) is -0.848. The maximum atomic E-state index is 13.1. The number of carbonyl (C=O) groups is 2. The quantitative estimate of drug-likeness (QED) is 0.314. The van der Waals surface area contributed by atoms with E-state index in [-0.39, 0.29) is 11.5 Å². The van der Waals surface area contributed by atoms with Crippen LogP contribution >= 0.6 is 0 Å². The molecule has 6 nitrogen and oxygen atoms in total. The summed E-state index contributed by atoms with van der Waals surface area (Å²) in [7, 11) is 0. The molecule has 5 rings (SSSR count). The molecule has 198 valence electrons. The number of nitrogens with zero attached hydrogens (tertiary/aromatic N) is 2. The second-order valence-electron chi connectivity index (χ2n) is 9.94. The van der Waals surface area contributed by atoms with E-state index in [1.165, 1.54) is 16.7 Å². The smallest absolute Gasteiger partial charge is 0.335 e. The third-order valence-electron chi connectivity index (χ3n) is 7.16. The van der Waals surface area contributed by atoms with E-state index >= 15 is 0 Å². The van der Waals surface area contributed by atoms with Crippen LogP contribution in [0.25, 0.3) is 11.1 Å². The first kappa shape index (κ1) is 26.4. The molecule has 0 saturated carbocycles. The molecule has 0 aliphatic carbocycles. The number of aromatic carboxylic acids is 1. The van der Waals surface area contributed by atoms with Crippen LogP contribution in [0.3, 0.4) is 0 Å². The van der Waals surface area contributed by atoms with Gasteiger partial charge >= 0.3 is 5.97 Å². The van der Waals surface area contributed by atoms with Crippen LogP contribution < -0.4 is 5.32 Å². The molecule has 39 heavy (non-hydrogen) atoms. The molecule has 0 atom stereocenters. The molecule has 6 heteroatoms. The highest BCUT2D eigenvalue weighted by atomic mass is 16.4. The van der Waals surface area contributed by atoms with Gasteiger partial charge in [0.05, 0.1) is 5.56 Å². The van der Waals surface area contributed by atoms with E-state index in [2.05, 4.69) is 58.7 Å². The van der Waals surface area contributed by atoms with Crippen LogP contribution in [-0.4, -0.2) is 53.0 Å². The highest BCUT2D eigenvalue weighted by Gasteiger charge is 2.22. The summed E-state index contributed by atoms with van der Waals surface area (Å²) >= 11 is 0. The van der Waals surface area contributed by atoms with Crippen LogP contribution in [0.5, 0.6) is 0 Å². The second-order valence-corrected chi connectivity index (χ2v) is 9.94. The second kappa shape index (κ2) is 12.5. The van der Waals surface area contributed by atoms with Gasteiger partial charge in [0.25, 0.3) is 5.91 Å². The first-order chi connectivity index (χ1) is 19.0. The predicted molar refractivity (Wildman–Crippen MR) is 153 cm³/mol. The fourth-order valence-electron chi connectivity index (χ4n) is 4.91. The number of carbonyl (C=O) groups excluding carboxylic acids is 1. The van der Waals surface area contributed by atoms with Crippen LogP contribution in [0.1, 0.15) is 37.4 Å². The minimum absolute atomic E-state index is 0.0758. The molecule has 0 bridgehead atoms. The molecule has 1 fully saturated rings. The SMILES string of the molecule is O=C(O)c1cccc(CNCc2ccc(C(=O)N3CCN(Cc4ccc(-c5ccccc5)cc4)CC3)cc2)c1. The molecule has 4 aromatic carbocycles. The van der Waals surface area contributed by atoms with Crippen LogP contribution in [0, 0.1) is 0 Å². The molecule has 1 amide bonds. The van der Waals surface area contributed by atoms with Gasteiger partial charge in [-0.05, 0) is 52.1 Å². The van der Waals surface area contributed by atoms with E-state index in [9.17, 15) is 9.59 Å². The number of benzene rings is 4. The van der Waals surface area contributed by atoms with E-state index in [0.717, 1.165) is 43.9 Å². The molecule has 0 aromatic heterocycles. The summed E-state index contributed by atoms with van der Waals surface area (Å²) in [4.78, 5) is 28.6. The number of nitrogens with one attached hydrogen (secondary N) is 1. The van der Waals surface area contributed by atoms with Crippen molar-refractivity contribution >= 4 is 11.9 Å². The number of hydrogen-bond acceptors (Lipinski definition) is 4. The molecule has 1 aliphatic rings. The minimum atomic E-state index is -0.924. The Bertz CT molecular complexity index is 1390. The van der Waals surface area contributed by atoms with Crippen molar-refractivity contribution in [3.8, 4) is 11.1 Å². The Morgan fingerprint density at radius 1 is 0.641 bits per heavy atom. The monoisotopic (exact) mass is 519 g/mol. The first-order valence-electron chi connectivity index (χ1n) is 13.3. The highest BCUT2D eigenvalue weighted by Crippen LogP contribution is 2.20. The number of amides is 1. The van der Waals surface area contributed by atoms with Gasteiger partial charge in [-0.3, -0.25) is 9.69 Å². The van der Waals surface area contributed by atoms with Gasteiger partial charge in [0.15, 0.2) is 0 Å². The predicted octanol–water partition coefficient (Wildman–Crippen LogP) is 5.30. The normalized spacial score (nSPS) is 13.8. The Morgan fingerprint density at radius 2 is 1.28 bits per heavy atom. The number of hydrogen-bond donors (Lipinski definition) is 2. The van der Waals surface area contributed by atoms with Gasteiger partial charge in [0, 0.05) is 51.4 Å². The van der Waals surface area contributed by atoms with Crippen molar-refractivity contribution in [3.05, 3.63) is 131 Å². The molecule has 4 aromatic rings. The Hall–Kier alpha value is -4.26. The molecule has 0 spiro atoms. The average Bonchev–Trinajstić information content (AvgIpc) is 2.98. The zero-order valence-corrected chi connectivity index (χ0v) is 21.9. The third kappa shape index (κ3) is 6.99.